The number of ether oxygens (including phenoxy) is 1. The number of hydrogen-bond acceptors (Lipinski definition) is 5. The lowest BCUT2D eigenvalue weighted by atomic mass is 10.0. The molecular formula is C24H24N4O3. The Balaban J connectivity index is 1.25. The summed E-state index contributed by atoms with van der Waals surface area (Å²) in [5.74, 6) is 0.802. The van der Waals surface area contributed by atoms with Crippen molar-refractivity contribution in [2.24, 2.45) is 5.16 Å². The highest BCUT2D eigenvalue weighted by Crippen LogP contribution is 2.30. The number of carbonyl (C=O) groups is 1. The molecule has 4 rings (SSSR count). The van der Waals surface area contributed by atoms with Crippen LogP contribution < -0.4 is 15.4 Å². The maximum Gasteiger partial charge on any atom is 0.319 e. The maximum absolute atomic E-state index is 12.1. The molecule has 0 bridgehead atoms. The third-order valence-corrected chi connectivity index (χ3v) is 4.91. The molecule has 2 N–H and O–H groups in total. The van der Waals surface area contributed by atoms with Gasteiger partial charge >= 0.3 is 6.03 Å². The number of hydrogen-bond donors (Lipinski definition) is 2. The van der Waals surface area contributed by atoms with E-state index in [1.165, 1.54) is 0 Å². The van der Waals surface area contributed by atoms with E-state index < -0.39 is 0 Å². The molecule has 1 aliphatic heterocycles. The number of rotatable bonds is 7. The molecule has 1 unspecified atom stereocenters. The molecule has 7 heteroatoms. The van der Waals surface area contributed by atoms with Gasteiger partial charge in [-0.05, 0) is 30.2 Å². The van der Waals surface area contributed by atoms with Gasteiger partial charge in [0.1, 0.15) is 12.4 Å². The molecular weight excluding hydrogens is 392 g/mol. The molecule has 2 amide bonds. The summed E-state index contributed by atoms with van der Waals surface area (Å²) < 4.78 is 6.04. The lowest BCUT2D eigenvalue weighted by Gasteiger charge is -2.14. The molecule has 1 aromatic heterocycles. The maximum atomic E-state index is 12.1. The number of nitrogens with one attached hydrogen (secondary N) is 2. The Hall–Kier alpha value is -3.87. The number of oxime groups is 1. The summed E-state index contributed by atoms with van der Waals surface area (Å²) in [6.07, 6.45) is 3.75. The van der Waals surface area contributed by atoms with Crippen LogP contribution >= 0.6 is 0 Å². The van der Waals surface area contributed by atoms with Gasteiger partial charge < -0.3 is 20.2 Å². The molecule has 3 aromatic rings. The molecule has 0 spiro atoms. The first-order chi connectivity index (χ1) is 15.2. The molecule has 0 radical (unpaired) electrons. The van der Waals surface area contributed by atoms with Crippen LogP contribution in [0.5, 0.6) is 5.75 Å². The van der Waals surface area contributed by atoms with E-state index in [9.17, 15) is 4.79 Å². The van der Waals surface area contributed by atoms with Crippen LogP contribution in [0, 0.1) is 6.92 Å². The summed E-state index contributed by atoms with van der Waals surface area (Å²) in [5, 5.41) is 9.70. The number of para-hydroxylation sites is 1. The predicted octanol–water partition coefficient (Wildman–Crippen LogP) is 4.40. The number of urea groups is 1. The van der Waals surface area contributed by atoms with Gasteiger partial charge in [0, 0.05) is 30.1 Å². The van der Waals surface area contributed by atoms with Crippen molar-refractivity contribution >= 4 is 17.4 Å². The molecule has 158 valence electrons. The second kappa shape index (κ2) is 9.75. The lowest BCUT2D eigenvalue weighted by molar-refractivity contribution is 0.0472. The molecule has 2 aromatic carbocycles. The number of aryl methyl sites for hydroxylation is 1. The number of nitrogens with zero attached hydrogens (tertiary/aromatic N) is 2. The number of carbonyl (C=O) groups excluding carboxylic acids is 1. The zero-order valence-electron chi connectivity index (χ0n) is 17.2. The number of anilines is 1. The van der Waals surface area contributed by atoms with Gasteiger partial charge in [0.2, 0.25) is 0 Å². The number of benzene rings is 2. The highest BCUT2D eigenvalue weighted by atomic mass is 16.7. The Labute approximate surface area is 181 Å². The molecule has 0 aliphatic carbocycles. The highest BCUT2D eigenvalue weighted by Gasteiger charge is 2.22. The van der Waals surface area contributed by atoms with Gasteiger partial charge in [-0.15, -0.1) is 0 Å². The second-order valence-corrected chi connectivity index (χ2v) is 7.26. The molecule has 7 nitrogen and oxygen atoms in total. The van der Waals surface area contributed by atoms with Crippen molar-refractivity contribution in [3.8, 4) is 16.9 Å². The van der Waals surface area contributed by atoms with Crippen molar-refractivity contribution in [1.29, 1.82) is 0 Å². The van der Waals surface area contributed by atoms with Gasteiger partial charge in [-0.2, -0.15) is 0 Å². The standard InChI is InChI=1S/C24H24N4O3/c1-17-14-25-12-11-22(17)27-24(29)26-15-19-13-20(31-28-19)16-30-23-10-6-5-9-21(23)18-7-3-2-4-8-18/h2-12,14,20H,13,15-16H2,1H3,(H2,25,26,27,29). The van der Waals surface area contributed by atoms with Crippen LogP contribution in [0.3, 0.4) is 0 Å². The Morgan fingerprint density at radius 2 is 1.94 bits per heavy atom. The summed E-state index contributed by atoms with van der Waals surface area (Å²) in [6, 6.07) is 19.5. The molecule has 2 heterocycles. The largest absolute Gasteiger partial charge is 0.489 e. The van der Waals surface area contributed by atoms with E-state index in [1.54, 1.807) is 18.5 Å². The monoisotopic (exact) mass is 416 g/mol. The van der Waals surface area contributed by atoms with Crippen LogP contribution in [-0.2, 0) is 4.84 Å². The van der Waals surface area contributed by atoms with Crippen molar-refractivity contribution in [2.75, 3.05) is 18.5 Å². The Bertz CT molecular complexity index is 1070. The SMILES string of the molecule is Cc1cnccc1NC(=O)NCC1=NOC(COc2ccccc2-c2ccccc2)C1. The van der Waals surface area contributed by atoms with E-state index in [4.69, 9.17) is 9.57 Å². The van der Waals surface area contributed by atoms with Gasteiger partial charge in [-0.3, -0.25) is 4.98 Å². The average Bonchev–Trinajstić information content (AvgIpc) is 3.27. The van der Waals surface area contributed by atoms with E-state index >= 15 is 0 Å². The normalized spacial score (nSPS) is 15.0. The van der Waals surface area contributed by atoms with Gasteiger partial charge in [-0.25, -0.2) is 4.79 Å². The summed E-state index contributed by atoms with van der Waals surface area (Å²) in [5.41, 5.74) is 4.52. The second-order valence-electron chi connectivity index (χ2n) is 7.26. The van der Waals surface area contributed by atoms with Crippen molar-refractivity contribution in [3.05, 3.63) is 78.6 Å². The molecule has 0 saturated carbocycles. The average molecular weight is 416 g/mol. The van der Waals surface area contributed by atoms with Crippen LogP contribution in [0.15, 0.2) is 78.2 Å². The third-order valence-electron chi connectivity index (χ3n) is 4.91. The number of amides is 2. The van der Waals surface area contributed by atoms with E-state index in [1.807, 2.05) is 49.4 Å². The molecule has 31 heavy (non-hydrogen) atoms. The van der Waals surface area contributed by atoms with E-state index in [2.05, 4.69) is 32.9 Å². The smallest absolute Gasteiger partial charge is 0.319 e. The fraction of sp³-hybridized carbons (Fsp3) is 0.208. The molecule has 0 fully saturated rings. The quantitative estimate of drug-likeness (QED) is 0.598. The van der Waals surface area contributed by atoms with Crippen molar-refractivity contribution in [2.45, 2.75) is 19.4 Å². The van der Waals surface area contributed by atoms with E-state index in [0.29, 0.717) is 19.6 Å². The van der Waals surface area contributed by atoms with Crippen LogP contribution in [-0.4, -0.2) is 36.0 Å². The third kappa shape index (κ3) is 5.39. The fourth-order valence-corrected chi connectivity index (χ4v) is 3.27. The summed E-state index contributed by atoms with van der Waals surface area (Å²) in [6.45, 7) is 2.57. The van der Waals surface area contributed by atoms with Crippen LogP contribution in [0.4, 0.5) is 10.5 Å². The van der Waals surface area contributed by atoms with Crippen LogP contribution in [0.25, 0.3) is 11.1 Å². The van der Waals surface area contributed by atoms with Crippen LogP contribution in [0.2, 0.25) is 0 Å². The minimum Gasteiger partial charge on any atom is -0.489 e. The molecule has 1 atom stereocenters. The highest BCUT2D eigenvalue weighted by molar-refractivity contribution is 5.95. The Morgan fingerprint density at radius 3 is 2.77 bits per heavy atom. The Morgan fingerprint density at radius 1 is 1.13 bits per heavy atom. The van der Waals surface area contributed by atoms with Gasteiger partial charge in [0.15, 0.2) is 6.10 Å². The number of pyridine rings is 1. The van der Waals surface area contributed by atoms with Crippen molar-refractivity contribution in [1.82, 2.24) is 10.3 Å². The number of aromatic nitrogens is 1. The minimum absolute atomic E-state index is 0.189. The summed E-state index contributed by atoms with van der Waals surface area (Å²) in [7, 11) is 0. The van der Waals surface area contributed by atoms with Gasteiger partial charge in [-0.1, -0.05) is 53.7 Å². The summed E-state index contributed by atoms with van der Waals surface area (Å²) in [4.78, 5) is 21.6. The van der Waals surface area contributed by atoms with Gasteiger partial charge in [0.05, 0.1) is 12.3 Å². The fourth-order valence-electron chi connectivity index (χ4n) is 3.27. The first-order valence-electron chi connectivity index (χ1n) is 10.1. The van der Waals surface area contributed by atoms with Crippen molar-refractivity contribution < 1.29 is 14.4 Å². The van der Waals surface area contributed by atoms with Gasteiger partial charge in [0.25, 0.3) is 0 Å². The minimum atomic E-state index is -0.298. The van der Waals surface area contributed by atoms with E-state index in [-0.39, 0.29) is 12.1 Å². The topological polar surface area (TPSA) is 84.8 Å². The Kier molecular flexibility index (Phi) is 6.42. The first-order valence-corrected chi connectivity index (χ1v) is 10.1. The zero-order valence-corrected chi connectivity index (χ0v) is 17.2. The molecule has 0 saturated heterocycles. The zero-order chi connectivity index (χ0) is 21.5. The first kappa shape index (κ1) is 20.4. The predicted molar refractivity (Wildman–Crippen MR) is 120 cm³/mol. The van der Waals surface area contributed by atoms with E-state index in [0.717, 1.165) is 33.8 Å². The van der Waals surface area contributed by atoms with Crippen molar-refractivity contribution in [3.63, 3.8) is 0 Å². The molecule has 1 aliphatic rings. The lowest BCUT2D eigenvalue weighted by Crippen LogP contribution is -2.33. The van der Waals surface area contributed by atoms with Crippen LogP contribution in [0.1, 0.15) is 12.0 Å². The summed E-state index contributed by atoms with van der Waals surface area (Å²) >= 11 is 0.